The van der Waals surface area contributed by atoms with Crippen LogP contribution in [0.3, 0.4) is 0 Å². The van der Waals surface area contributed by atoms with Crippen molar-refractivity contribution in [3.05, 3.63) is 96.2 Å². The van der Waals surface area contributed by atoms with E-state index in [0.717, 1.165) is 17.5 Å². The van der Waals surface area contributed by atoms with Crippen molar-refractivity contribution in [1.29, 1.82) is 0 Å². The molecule has 3 aromatic carbocycles. The van der Waals surface area contributed by atoms with Gasteiger partial charge in [0.05, 0.1) is 21.5 Å². The van der Waals surface area contributed by atoms with Crippen molar-refractivity contribution in [2.45, 2.75) is 11.1 Å². The van der Waals surface area contributed by atoms with Crippen molar-refractivity contribution in [3.8, 4) is 0 Å². The Balaban J connectivity index is 1.58. The number of alkyl halides is 3. The number of para-hydroxylation sites is 1. The number of carbonyl (C=O) groups is 1. The van der Waals surface area contributed by atoms with Gasteiger partial charge in [-0.15, -0.1) is 0 Å². The Bertz CT molecular complexity index is 1450. The maximum absolute atomic E-state index is 12.9. The van der Waals surface area contributed by atoms with Crippen LogP contribution in [0.5, 0.6) is 0 Å². The fourth-order valence-electron chi connectivity index (χ4n) is 3.20. The van der Waals surface area contributed by atoms with E-state index in [2.05, 4.69) is 15.0 Å². The molecule has 0 saturated heterocycles. The zero-order valence-corrected chi connectivity index (χ0v) is 17.6. The normalized spacial score (nSPS) is 11.8. The van der Waals surface area contributed by atoms with E-state index in [1.54, 1.807) is 24.4 Å². The van der Waals surface area contributed by atoms with E-state index in [1.165, 1.54) is 30.3 Å². The van der Waals surface area contributed by atoms with Gasteiger partial charge in [-0.2, -0.15) is 13.2 Å². The van der Waals surface area contributed by atoms with Gasteiger partial charge in [0.25, 0.3) is 15.9 Å². The molecule has 4 rings (SSSR count). The lowest BCUT2D eigenvalue weighted by atomic mass is 10.1. The van der Waals surface area contributed by atoms with Gasteiger partial charge in [0.1, 0.15) is 0 Å². The van der Waals surface area contributed by atoms with Crippen LogP contribution >= 0.6 is 0 Å². The molecule has 0 fully saturated rings. The highest BCUT2D eigenvalue weighted by atomic mass is 32.2. The molecule has 0 radical (unpaired) electrons. The maximum atomic E-state index is 12.9. The summed E-state index contributed by atoms with van der Waals surface area (Å²) < 4.78 is 66.3. The van der Waals surface area contributed by atoms with Gasteiger partial charge in [0, 0.05) is 23.0 Å². The first kappa shape index (κ1) is 22.3. The number of anilines is 2. The molecule has 10 heteroatoms. The molecule has 0 atom stereocenters. The summed E-state index contributed by atoms with van der Waals surface area (Å²) in [6.07, 6.45) is -3.05. The maximum Gasteiger partial charge on any atom is 0.416 e. The lowest BCUT2D eigenvalue weighted by molar-refractivity contribution is -0.137. The molecule has 0 aliphatic heterocycles. The fraction of sp³-hybridized carbons (Fsp3) is 0.0435. The molecule has 2 N–H and O–H groups in total. The summed E-state index contributed by atoms with van der Waals surface area (Å²) >= 11 is 0. The Morgan fingerprint density at radius 2 is 1.55 bits per heavy atom. The largest absolute Gasteiger partial charge is 0.416 e. The third-order valence-corrected chi connectivity index (χ3v) is 6.10. The number of hydrogen-bond acceptors (Lipinski definition) is 4. The van der Waals surface area contributed by atoms with Crippen LogP contribution in [0.2, 0.25) is 0 Å². The van der Waals surface area contributed by atoms with Crippen molar-refractivity contribution in [3.63, 3.8) is 0 Å². The van der Waals surface area contributed by atoms with Gasteiger partial charge in [-0.3, -0.25) is 14.5 Å². The SMILES string of the molecule is O=C(Nc1cccc(S(=O)(=O)Nc2cccc(C(F)(F)F)c2)c1)c1cccc2cccnc12. The van der Waals surface area contributed by atoms with E-state index in [1.807, 2.05) is 12.1 Å². The molecule has 4 aromatic rings. The predicted molar refractivity (Wildman–Crippen MR) is 118 cm³/mol. The molecule has 168 valence electrons. The van der Waals surface area contributed by atoms with E-state index >= 15 is 0 Å². The van der Waals surface area contributed by atoms with Crippen molar-refractivity contribution < 1.29 is 26.4 Å². The summed E-state index contributed by atoms with van der Waals surface area (Å²) in [4.78, 5) is 16.8. The molecular weight excluding hydrogens is 455 g/mol. The number of carbonyl (C=O) groups excluding carboxylic acids is 1. The second kappa shape index (κ2) is 8.55. The van der Waals surface area contributed by atoms with Crippen molar-refractivity contribution in [2.75, 3.05) is 10.0 Å². The quantitative estimate of drug-likeness (QED) is 0.413. The summed E-state index contributed by atoms with van der Waals surface area (Å²) in [5.74, 6) is -0.486. The molecule has 0 saturated carbocycles. The number of halogens is 3. The lowest BCUT2D eigenvalue weighted by Gasteiger charge is -2.12. The minimum Gasteiger partial charge on any atom is -0.322 e. The van der Waals surface area contributed by atoms with E-state index in [0.29, 0.717) is 17.1 Å². The van der Waals surface area contributed by atoms with Crippen LogP contribution in [0.4, 0.5) is 24.5 Å². The molecule has 1 aromatic heterocycles. The number of benzene rings is 3. The number of sulfonamides is 1. The fourth-order valence-corrected chi connectivity index (χ4v) is 4.29. The van der Waals surface area contributed by atoms with Gasteiger partial charge in [-0.1, -0.05) is 30.3 Å². The number of amides is 1. The number of hydrogen-bond donors (Lipinski definition) is 2. The Morgan fingerprint density at radius 3 is 2.33 bits per heavy atom. The van der Waals surface area contributed by atoms with E-state index < -0.39 is 27.7 Å². The summed E-state index contributed by atoms with van der Waals surface area (Å²) in [6, 6.07) is 17.9. The van der Waals surface area contributed by atoms with Crippen LogP contribution in [0.15, 0.2) is 90.0 Å². The van der Waals surface area contributed by atoms with Crippen LogP contribution in [-0.2, 0) is 16.2 Å². The van der Waals surface area contributed by atoms with Crippen molar-refractivity contribution in [1.82, 2.24) is 4.98 Å². The number of aromatic nitrogens is 1. The van der Waals surface area contributed by atoms with Gasteiger partial charge >= 0.3 is 6.18 Å². The number of nitrogens with zero attached hydrogens (tertiary/aromatic N) is 1. The third kappa shape index (κ3) is 4.96. The number of pyridine rings is 1. The third-order valence-electron chi connectivity index (χ3n) is 4.72. The molecule has 6 nitrogen and oxygen atoms in total. The second-order valence-corrected chi connectivity index (χ2v) is 8.73. The van der Waals surface area contributed by atoms with Crippen LogP contribution in [0.1, 0.15) is 15.9 Å². The molecule has 0 spiro atoms. The molecule has 0 bridgehead atoms. The Kier molecular flexibility index (Phi) is 5.77. The molecule has 1 amide bonds. The van der Waals surface area contributed by atoms with E-state index in [-0.39, 0.29) is 16.3 Å². The molecule has 0 unspecified atom stereocenters. The predicted octanol–water partition coefficient (Wildman–Crippen LogP) is 5.31. The molecule has 33 heavy (non-hydrogen) atoms. The van der Waals surface area contributed by atoms with Crippen LogP contribution in [0.25, 0.3) is 10.9 Å². The first-order valence-electron chi connectivity index (χ1n) is 9.59. The van der Waals surface area contributed by atoms with E-state index in [9.17, 15) is 26.4 Å². The molecular formula is C23H16F3N3O3S. The Morgan fingerprint density at radius 1 is 0.848 bits per heavy atom. The monoisotopic (exact) mass is 471 g/mol. The highest BCUT2D eigenvalue weighted by Crippen LogP contribution is 2.31. The number of nitrogens with one attached hydrogen (secondary N) is 2. The highest BCUT2D eigenvalue weighted by Gasteiger charge is 2.30. The average Bonchev–Trinajstić information content (AvgIpc) is 2.78. The zero-order chi connectivity index (χ0) is 23.6. The minimum atomic E-state index is -4.61. The highest BCUT2D eigenvalue weighted by molar-refractivity contribution is 7.92. The number of rotatable bonds is 5. The van der Waals surface area contributed by atoms with Gasteiger partial charge in [0.2, 0.25) is 0 Å². The standard InChI is InChI=1S/C23H16F3N3O3S/c24-23(25,26)16-7-2-9-18(13-16)29-33(31,32)19-10-3-8-17(14-19)28-22(30)20-11-1-5-15-6-4-12-27-21(15)20/h1-14,29H,(H,28,30). The van der Waals surface area contributed by atoms with Gasteiger partial charge in [0.15, 0.2) is 0 Å². The average molecular weight is 471 g/mol. The van der Waals surface area contributed by atoms with Crippen molar-refractivity contribution in [2.24, 2.45) is 0 Å². The Hall–Kier alpha value is -3.92. The van der Waals surface area contributed by atoms with Crippen LogP contribution in [0, 0.1) is 0 Å². The lowest BCUT2D eigenvalue weighted by Crippen LogP contribution is -2.16. The summed E-state index contributed by atoms with van der Waals surface area (Å²) in [5.41, 5.74) is -0.218. The van der Waals surface area contributed by atoms with Gasteiger partial charge in [-0.25, -0.2) is 8.42 Å². The minimum absolute atomic E-state index is 0.194. The van der Waals surface area contributed by atoms with Crippen LogP contribution in [-0.4, -0.2) is 19.3 Å². The summed E-state index contributed by atoms with van der Waals surface area (Å²) in [5, 5.41) is 3.41. The summed E-state index contributed by atoms with van der Waals surface area (Å²) in [7, 11) is -4.21. The first-order valence-corrected chi connectivity index (χ1v) is 11.1. The van der Waals surface area contributed by atoms with Gasteiger partial charge < -0.3 is 5.32 Å². The molecule has 1 heterocycles. The zero-order valence-electron chi connectivity index (χ0n) is 16.8. The first-order chi connectivity index (χ1) is 15.6. The van der Waals surface area contributed by atoms with Gasteiger partial charge in [-0.05, 0) is 48.5 Å². The second-order valence-electron chi connectivity index (χ2n) is 7.05. The Labute approximate surface area is 187 Å². The van der Waals surface area contributed by atoms with E-state index in [4.69, 9.17) is 0 Å². The smallest absolute Gasteiger partial charge is 0.322 e. The van der Waals surface area contributed by atoms with Crippen LogP contribution < -0.4 is 10.0 Å². The van der Waals surface area contributed by atoms with Crippen molar-refractivity contribution >= 4 is 38.2 Å². The summed E-state index contributed by atoms with van der Waals surface area (Å²) in [6.45, 7) is 0. The molecule has 0 aliphatic carbocycles. The molecule has 0 aliphatic rings. The topological polar surface area (TPSA) is 88.2 Å². The number of fused-ring (bicyclic) bond motifs is 1.